The minimum Gasteiger partial charge on any atom is -0.377 e. The van der Waals surface area contributed by atoms with Crippen LogP contribution in [-0.4, -0.2) is 16.5 Å². The molecule has 22 heavy (non-hydrogen) atoms. The molecule has 0 aromatic carbocycles. The molecule has 6 atom stereocenters. The van der Waals surface area contributed by atoms with Crippen LogP contribution in [0.25, 0.3) is 0 Å². The number of aliphatic hydroxyl groups is 1. The van der Waals surface area contributed by atoms with Crippen LogP contribution in [0.3, 0.4) is 0 Å². The van der Waals surface area contributed by atoms with E-state index in [9.17, 15) is 9.90 Å². The maximum absolute atomic E-state index is 11.7. The Morgan fingerprint density at radius 3 is 2.86 bits per heavy atom. The second-order valence-corrected chi connectivity index (χ2v) is 8.31. The van der Waals surface area contributed by atoms with Crippen molar-refractivity contribution in [1.29, 1.82) is 0 Å². The van der Waals surface area contributed by atoms with Gasteiger partial charge in [-0.15, -0.1) is 6.42 Å². The van der Waals surface area contributed by atoms with Crippen molar-refractivity contribution in [3.63, 3.8) is 0 Å². The summed E-state index contributed by atoms with van der Waals surface area (Å²) in [6.07, 6.45) is 15.7. The lowest BCUT2D eigenvalue weighted by atomic mass is 9.51. The van der Waals surface area contributed by atoms with Gasteiger partial charge in [0.2, 0.25) is 0 Å². The molecule has 0 heterocycles. The lowest BCUT2D eigenvalue weighted by Gasteiger charge is -2.54. The molecule has 4 rings (SSSR count). The largest absolute Gasteiger partial charge is 0.377 e. The number of carbonyl (C=O) groups excluding carboxylic acids is 1. The average Bonchev–Trinajstić information content (AvgIpc) is 2.79. The quantitative estimate of drug-likeness (QED) is 0.549. The zero-order valence-electron chi connectivity index (χ0n) is 13.5. The van der Waals surface area contributed by atoms with E-state index in [0.29, 0.717) is 35.9 Å². The monoisotopic (exact) mass is 298 g/mol. The molecule has 118 valence electrons. The van der Waals surface area contributed by atoms with Gasteiger partial charge in [0.05, 0.1) is 0 Å². The predicted octanol–water partition coefficient (Wildman–Crippen LogP) is 3.49. The summed E-state index contributed by atoms with van der Waals surface area (Å²) in [5.41, 5.74) is 0.403. The van der Waals surface area contributed by atoms with Crippen molar-refractivity contribution in [3.8, 4) is 12.3 Å². The van der Waals surface area contributed by atoms with Crippen LogP contribution in [-0.2, 0) is 4.79 Å². The van der Waals surface area contributed by atoms with Crippen LogP contribution in [0.5, 0.6) is 0 Å². The molecule has 4 aliphatic carbocycles. The Morgan fingerprint density at radius 2 is 2.09 bits per heavy atom. The third kappa shape index (κ3) is 1.75. The normalized spacial score (nSPS) is 50.4. The van der Waals surface area contributed by atoms with Gasteiger partial charge < -0.3 is 5.11 Å². The first-order valence-corrected chi connectivity index (χ1v) is 8.89. The van der Waals surface area contributed by atoms with Crippen molar-refractivity contribution >= 4 is 5.78 Å². The van der Waals surface area contributed by atoms with Gasteiger partial charge in [-0.1, -0.05) is 24.5 Å². The predicted molar refractivity (Wildman–Crippen MR) is 85.9 cm³/mol. The van der Waals surface area contributed by atoms with Gasteiger partial charge in [0, 0.05) is 18.3 Å². The Labute approximate surface area is 133 Å². The number of carbonyl (C=O) groups is 1. The van der Waals surface area contributed by atoms with Crippen LogP contribution in [0, 0.1) is 41.4 Å². The summed E-state index contributed by atoms with van der Waals surface area (Å²) in [7, 11) is 0. The smallest absolute Gasteiger partial charge is 0.136 e. The summed E-state index contributed by atoms with van der Waals surface area (Å²) >= 11 is 0. The summed E-state index contributed by atoms with van der Waals surface area (Å²) in [4.78, 5) is 11.7. The second-order valence-electron chi connectivity index (χ2n) is 8.31. The van der Waals surface area contributed by atoms with Gasteiger partial charge in [-0.05, 0) is 62.2 Å². The number of rotatable bonds is 0. The minimum atomic E-state index is -0.908. The lowest BCUT2D eigenvalue weighted by Crippen LogP contribution is -2.51. The molecule has 3 saturated carbocycles. The summed E-state index contributed by atoms with van der Waals surface area (Å²) < 4.78 is 0. The van der Waals surface area contributed by atoms with Gasteiger partial charge in [0.1, 0.15) is 11.4 Å². The molecule has 1 N–H and O–H groups in total. The maximum Gasteiger partial charge on any atom is 0.136 e. The van der Waals surface area contributed by atoms with E-state index in [2.05, 4.69) is 18.9 Å². The number of ketones is 1. The first-order valence-electron chi connectivity index (χ1n) is 8.89. The standard InChI is InChI=1S/C20H26O2/c1-3-20(22)11-9-18-17-6-4-13-12-14(21)5-7-15(13)16(17)8-10-19(18,20)2/h1,4,15-18,22H,5-12H2,2H3/t15-,16?,17+,18?,19-,20-/m0/s1. The maximum atomic E-state index is 11.7. The Morgan fingerprint density at radius 1 is 1.27 bits per heavy atom. The highest BCUT2D eigenvalue weighted by Crippen LogP contribution is 2.64. The van der Waals surface area contributed by atoms with E-state index in [0.717, 1.165) is 44.9 Å². The summed E-state index contributed by atoms with van der Waals surface area (Å²) in [5.74, 6) is 5.69. The first kappa shape index (κ1) is 14.5. The highest BCUT2D eigenvalue weighted by atomic mass is 16.3. The Hall–Kier alpha value is -1.07. The van der Waals surface area contributed by atoms with E-state index in [4.69, 9.17) is 6.42 Å². The highest BCUT2D eigenvalue weighted by molar-refractivity contribution is 5.82. The Balaban J connectivity index is 1.66. The van der Waals surface area contributed by atoms with E-state index in [-0.39, 0.29) is 5.41 Å². The molecular weight excluding hydrogens is 272 g/mol. The van der Waals surface area contributed by atoms with Crippen molar-refractivity contribution in [2.75, 3.05) is 0 Å². The number of hydrogen-bond donors (Lipinski definition) is 1. The van der Waals surface area contributed by atoms with Crippen molar-refractivity contribution in [3.05, 3.63) is 11.6 Å². The number of hydrogen-bond acceptors (Lipinski definition) is 2. The van der Waals surface area contributed by atoms with Gasteiger partial charge in [0.15, 0.2) is 0 Å². The SMILES string of the molecule is C#C[C@]1(O)CCC2[C@@H]3CC=C4CC(=O)CC[C@@H]4C3CC[C@@]21C. The van der Waals surface area contributed by atoms with E-state index < -0.39 is 5.60 Å². The molecule has 0 saturated heterocycles. The van der Waals surface area contributed by atoms with Crippen molar-refractivity contribution in [1.82, 2.24) is 0 Å². The third-order valence-corrected chi connectivity index (χ3v) is 7.66. The van der Waals surface area contributed by atoms with Crippen LogP contribution in [0.4, 0.5) is 0 Å². The topological polar surface area (TPSA) is 37.3 Å². The van der Waals surface area contributed by atoms with E-state index >= 15 is 0 Å². The lowest BCUT2D eigenvalue weighted by molar-refractivity contribution is -0.121. The molecule has 2 heteroatoms. The fraction of sp³-hybridized carbons (Fsp3) is 0.750. The molecule has 0 radical (unpaired) electrons. The summed E-state index contributed by atoms with van der Waals surface area (Å²) in [5, 5.41) is 10.9. The molecule has 0 aromatic heterocycles. The molecule has 2 unspecified atom stereocenters. The van der Waals surface area contributed by atoms with E-state index in [1.165, 1.54) is 5.57 Å². The minimum absolute atomic E-state index is 0.112. The third-order valence-electron chi connectivity index (χ3n) is 7.66. The molecule has 0 aromatic rings. The van der Waals surface area contributed by atoms with Gasteiger partial charge in [-0.2, -0.15) is 0 Å². The number of terminal acetylenes is 1. The van der Waals surface area contributed by atoms with E-state index in [1.54, 1.807) is 0 Å². The van der Waals surface area contributed by atoms with Gasteiger partial charge >= 0.3 is 0 Å². The van der Waals surface area contributed by atoms with Crippen LogP contribution in [0.2, 0.25) is 0 Å². The van der Waals surface area contributed by atoms with Crippen LogP contribution in [0.15, 0.2) is 11.6 Å². The first-order chi connectivity index (χ1) is 10.5. The fourth-order valence-electron chi connectivity index (χ4n) is 6.36. The zero-order valence-corrected chi connectivity index (χ0v) is 13.5. The van der Waals surface area contributed by atoms with Gasteiger partial charge in [-0.25, -0.2) is 0 Å². The van der Waals surface area contributed by atoms with Crippen molar-refractivity contribution in [2.45, 2.75) is 63.9 Å². The Kier molecular flexibility index (Phi) is 3.11. The Bertz CT molecular complexity index is 583. The summed E-state index contributed by atoms with van der Waals surface area (Å²) in [6, 6.07) is 0. The van der Waals surface area contributed by atoms with Gasteiger partial charge in [-0.3, -0.25) is 4.79 Å². The zero-order chi connectivity index (χ0) is 15.5. The molecule has 4 aliphatic rings. The fourth-order valence-corrected chi connectivity index (χ4v) is 6.36. The molecule has 0 spiro atoms. The average molecular weight is 298 g/mol. The van der Waals surface area contributed by atoms with Crippen LogP contribution in [0.1, 0.15) is 58.3 Å². The molecule has 2 nitrogen and oxygen atoms in total. The van der Waals surface area contributed by atoms with Crippen molar-refractivity contribution < 1.29 is 9.90 Å². The molecular formula is C20H26O2. The van der Waals surface area contributed by atoms with E-state index in [1.807, 2.05) is 0 Å². The number of fused-ring (bicyclic) bond motifs is 5. The molecule has 0 amide bonds. The van der Waals surface area contributed by atoms with Crippen LogP contribution >= 0.6 is 0 Å². The summed E-state index contributed by atoms with van der Waals surface area (Å²) in [6.45, 7) is 2.23. The highest BCUT2D eigenvalue weighted by Gasteiger charge is 2.61. The van der Waals surface area contributed by atoms with Crippen molar-refractivity contribution in [2.24, 2.45) is 29.1 Å². The number of Topliss-reactive ketones (excluding diaryl/α,β-unsaturated/α-hetero) is 1. The molecule has 0 bridgehead atoms. The number of allylic oxidation sites excluding steroid dienone is 2. The molecule has 0 aliphatic heterocycles. The second kappa shape index (κ2) is 4.71. The van der Waals surface area contributed by atoms with Crippen LogP contribution < -0.4 is 0 Å². The molecule has 3 fully saturated rings. The van der Waals surface area contributed by atoms with Gasteiger partial charge in [0.25, 0.3) is 0 Å².